The minimum absolute atomic E-state index is 0.362. The maximum atomic E-state index is 12.0. The van der Waals surface area contributed by atoms with E-state index in [-0.39, 0.29) is 5.91 Å². The van der Waals surface area contributed by atoms with E-state index in [1.165, 1.54) is 6.20 Å². The predicted octanol–water partition coefficient (Wildman–Crippen LogP) is 1.22. The normalized spacial score (nSPS) is 11.7. The van der Waals surface area contributed by atoms with Gasteiger partial charge in [0.05, 0.1) is 5.56 Å². The highest BCUT2D eigenvalue weighted by atomic mass is 16.2. The molecule has 0 saturated heterocycles. The number of pyridine rings is 1. The molecular weight excluding hydrogens is 266 g/mol. The highest BCUT2D eigenvalue weighted by Gasteiger charge is 2.19. The zero-order valence-electron chi connectivity index (χ0n) is 11.7. The Morgan fingerprint density at radius 3 is 2.52 bits per heavy atom. The summed E-state index contributed by atoms with van der Waals surface area (Å²) in [6, 6.07) is 10.3. The molecule has 108 valence electrons. The lowest BCUT2D eigenvalue weighted by atomic mass is 10.0. The zero-order chi connectivity index (χ0) is 15.2. The van der Waals surface area contributed by atoms with Crippen LogP contribution in [0, 0.1) is 6.92 Å². The van der Waals surface area contributed by atoms with E-state index in [1.807, 2.05) is 31.2 Å². The molecular formula is C16H17N3O2. The first-order valence-corrected chi connectivity index (χ1v) is 6.62. The van der Waals surface area contributed by atoms with Crippen molar-refractivity contribution in [2.75, 3.05) is 0 Å². The fraction of sp³-hybridized carbons (Fsp3) is 0.188. The van der Waals surface area contributed by atoms with Crippen LogP contribution in [-0.2, 0) is 11.2 Å². The number of nitrogens with one attached hydrogen (secondary N) is 1. The molecule has 0 radical (unpaired) electrons. The maximum Gasteiger partial charge on any atom is 0.253 e. The van der Waals surface area contributed by atoms with Crippen molar-refractivity contribution in [3.05, 3.63) is 65.5 Å². The van der Waals surface area contributed by atoms with Gasteiger partial charge in [0.15, 0.2) is 0 Å². The third kappa shape index (κ3) is 4.14. The number of nitrogens with two attached hydrogens (primary N) is 1. The summed E-state index contributed by atoms with van der Waals surface area (Å²) in [5.74, 6) is -0.924. The van der Waals surface area contributed by atoms with Gasteiger partial charge in [-0.05, 0) is 24.6 Å². The molecule has 0 bridgehead atoms. The number of hydrogen-bond donors (Lipinski definition) is 2. The number of benzene rings is 1. The van der Waals surface area contributed by atoms with Crippen LogP contribution in [0.2, 0.25) is 0 Å². The standard InChI is InChI=1S/C16H17N3O2/c1-11-4-6-12(7-5-11)9-14(15(17)20)19-16(21)13-3-2-8-18-10-13/h2-8,10,14H,9H2,1H3,(H2,17,20)(H,19,21)/t14-/m1/s1. The molecule has 5 nitrogen and oxygen atoms in total. The average molecular weight is 283 g/mol. The van der Waals surface area contributed by atoms with Gasteiger partial charge in [0.1, 0.15) is 6.04 Å². The fourth-order valence-corrected chi connectivity index (χ4v) is 1.92. The highest BCUT2D eigenvalue weighted by molar-refractivity contribution is 5.97. The third-order valence-corrected chi connectivity index (χ3v) is 3.13. The summed E-state index contributed by atoms with van der Waals surface area (Å²) in [4.78, 5) is 27.4. The summed E-state index contributed by atoms with van der Waals surface area (Å²) in [5, 5.41) is 2.64. The molecule has 1 heterocycles. The van der Waals surface area contributed by atoms with E-state index in [1.54, 1.807) is 18.3 Å². The van der Waals surface area contributed by atoms with E-state index in [9.17, 15) is 9.59 Å². The Hall–Kier alpha value is -2.69. The summed E-state index contributed by atoms with van der Waals surface area (Å²) < 4.78 is 0. The Morgan fingerprint density at radius 2 is 1.95 bits per heavy atom. The second-order valence-corrected chi connectivity index (χ2v) is 4.86. The first-order chi connectivity index (χ1) is 10.1. The van der Waals surface area contributed by atoms with Crippen LogP contribution in [0.5, 0.6) is 0 Å². The van der Waals surface area contributed by atoms with Gasteiger partial charge in [-0.1, -0.05) is 29.8 Å². The van der Waals surface area contributed by atoms with Crippen LogP contribution < -0.4 is 11.1 Å². The Kier molecular flexibility index (Phi) is 4.66. The molecule has 2 amide bonds. The molecule has 5 heteroatoms. The zero-order valence-corrected chi connectivity index (χ0v) is 11.7. The number of nitrogens with zero attached hydrogens (tertiary/aromatic N) is 1. The molecule has 0 spiro atoms. The van der Waals surface area contributed by atoms with Crippen molar-refractivity contribution < 1.29 is 9.59 Å². The molecule has 0 saturated carbocycles. The van der Waals surface area contributed by atoms with Crippen LogP contribution in [-0.4, -0.2) is 22.8 Å². The summed E-state index contributed by atoms with van der Waals surface area (Å²) in [7, 11) is 0. The Balaban J connectivity index is 2.07. The molecule has 21 heavy (non-hydrogen) atoms. The van der Waals surface area contributed by atoms with Crippen molar-refractivity contribution in [3.63, 3.8) is 0 Å². The molecule has 3 N–H and O–H groups in total. The van der Waals surface area contributed by atoms with Gasteiger partial charge in [-0.25, -0.2) is 0 Å². The number of hydrogen-bond acceptors (Lipinski definition) is 3. The quantitative estimate of drug-likeness (QED) is 0.865. The first kappa shape index (κ1) is 14.7. The Bertz CT molecular complexity index is 624. The minimum atomic E-state index is -0.750. The van der Waals surface area contributed by atoms with Crippen molar-refractivity contribution in [1.82, 2.24) is 10.3 Å². The van der Waals surface area contributed by atoms with Crippen molar-refractivity contribution >= 4 is 11.8 Å². The molecule has 0 unspecified atom stereocenters. The molecule has 1 aromatic heterocycles. The van der Waals surface area contributed by atoms with Crippen LogP contribution in [0.3, 0.4) is 0 Å². The van der Waals surface area contributed by atoms with Gasteiger partial charge in [-0.2, -0.15) is 0 Å². The number of amides is 2. The monoisotopic (exact) mass is 283 g/mol. The molecule has 1 atom stereocenters. The highest BCUT2D eigenvalue weighted by Crippen LogP contribution is 2.07. The lowest BCUT2D eigenvalue weighted by Gasteiger charge is -2.15. The SMILES string of the molecule is Cc1ccc(C[C@@H](NC(=O)c2cccnc2)C(N)=O)cc1. The van der Waals surface area contributed by atoms with Gasteiger partial charge < -0.3 is 11.1 Å². The molecule has 2 aromatic rings. The summed E-state index contributed by atoms with van der Waals surface area (Å²) in [6.07, 6.45) is 3.38. The third-order valence-electron chi connectivity index (χ3n) is 3.13. The topological polar surface area (TPSA) is 85.1 Å². The van der Waals surface area contributed by atoms with Crippen molar-refractivity contribution in [2.45, 2.75) is 19.4 Å². The van der Waals surface area contributed by atoms with Gasteiger partial charge in [0.25, 0.3) is 5.91 Å². The summed E-state index contributed by atoms with van der Waals surface area (Å²) >= 11 is 0. The van der Waals surface area contributed by atoms with Crippen LogP contribution in [0.25, 0.3) is 0 Å². The molecule has 0 aliphatic heterocycles. The predicted molar refractivity (Wildman–Crippen MR) is 79.6 cm³/mol. The first-order valence-electron chi connectivity index (χ1n) is 6.62. The largest absolute Gasteiger partial charge is 0.368 e. The van der Waals surface area contributed by atoms with Gasteiger partial charge >= 0.3 is 0 Å². The van der Waals surface area contributed by atoms with Crippen LogP contribution in [0.1, 0.15) is 21.5 Å². The van der Waals surface area contributed by atoms with E-state index in [4.69, 9.17) is 5.73 Å². The van der Waals surface area contributed by atoms with Crippen LogP contribution in [0.4, 0.5) is 0 Å². The molecule has 0 fully saturated rings. The number of aromatic nitrogens is 1. The lowest BCUT2D eigenvalue weighted by molar-refractivity contribution is -0.119. The van der Waals surface area contributed by atoms with E-state index < -0.39 is 11.9 Å². The average Bonchev–Trinajstić information content (AvgIpc) is 2.49. The Morgan fingerprint density at radius 1 is 1.24 bits per heavy atom. The van der Waals surface area contributed by atoms with Gasteiger partial charge in [0.2, 0.25) is 5.91 Å². The number of aryl methyl sites for hydroxylation is 1. The van der Waals surface area contributed by atoms with E-state index in [0.29, 0.717) is 12.0 Å². The number of primary amides is 1. The van der Waals surface area contributed by atoms with E-state index in [2.05, 4.69) is 10.3 Å². The second kappa shape index (κ2) is 6.65. The number of carbonyl (C=O) groups is 2. The van der Waals surface area contributed by atoms with Gasteiger partial charge in [-0.3, -0.25) is 14.6 Å². The lowest BCUT2D eigenvalue weighted by Crippen LogP contribution is -2.45. The van der Waals surface area contributed by atoms with E-state index in [0.717, 1.165) is 11.1 Å². The van der Waals surface area contributed by atoms with E-state index >= 15 is 0 Å². The molecule has 0 aliphatic rings. The second-order valence-electron chi connectivity index (χ2n) is 4.86. The van der Waals surface area contributed by atoms with Crippen LogP contribution in [0.15, 0.2) is 48.8 Å². The fourth-order valence-electron chi connectivity index (χ4n) is 1.92. The minimum Gasteiger partial charge on any atom is -0.368 e. The molecule has 2 rings (SSSR count). The smallest absolute Gasteiger partial charge is 0.253 e. The number of rotatable bonds is 5. The molecule has 1 aromatic carbocycles. The van der Waals surface area contributed by atoms with Crippen molar-refractivity contribution in [1.29, 1.82) is 0 Å². The van der Waals surface area contributed by atoms with Crippen LogP contribution >= 0.6 is 0 Å². The molecule has 0 aliphatic carbocycles. The summed E-state index contributed by atoms with van der Waals surface area (Å²) in [5.41, 5.74) is 7.84. The summed E-state index contributed by atoms with van der Waals surface area (Å²) in [6.45, 7) is 1.99. The van der Waals surface area contributed by atoms with Gasteiger partial charge in [-0.15, -0.1) is 0 Å². The van der Waals surface area contributed by atoms with Crippen molar-refractivity contribution in [2.24, 2.45) is 5.73 Å². The Labute approximate surface area is 123 Å². The van der Waals surface area contributed by atoms with Crippen molar-refractivity contribution in [3.8, 4) is 0 Å². The maximum absolute atomic E-state index is 12.0. The van der Waals surface area contributed by atoms with Gasteiger partial charge in [0, 0.05) is 18.8 Å². The number of carbonyl (C=O) groups excluding carboxylic acids is 2.